The second kappa shape index (κ2) is 4.88. The van der Waals surface area contributed by atoms with Crippen molar-refractivity contribution >= 4 is 18.6 Å². The van der Waals surface area contributed by atoms with Crippen LogP contribution in [0.15, 0.2) is 0 Å². The quantitative estimate of drug-likeness (QED) is 0.615. The highest BCUT2D eigenvalue weighted by Crippen LogP contribution is 2.37. The Morgan fingerprint density at radius 3 is 2.05 bits per heavy atom. The zero-order valence-electron chi connectivity index (χ0n) is 14.2. The molecule has 0 unspecified atom stereocenters. The molecule has 1 saturated heterocycles. The number of methoxy groups -OCH3 is 1. The molecule has 116 valence electrons. The predicted octanol–water partition coefficient (Wildman–Crippen LogP) is 1.73. The van der Waals surface area contributed by atoms with Crippen LogP contribution in [0.3, 0.4) is 0 Å². The Morgan fingerprint density at radius 1 is 1.14 bits per heavy atom. The lowest BCUT2D eigenvalue weighted by Gasteiger charge is -2.32. The SMILES string of the molecule is COC(=O)c1c(C)c(B2OC(C)(C)C(C)(C)O2)c(C)n1C. The molecule has 1 aromatic rings. The molecule has 0 bridgehead atoms. The summed E-state index contributed by atoms with van der Waals surface area (Å²) in [6, 6.07) is 0. The summed E-state index contributed by atoms with van der Waals surface area (Å²) < 4.78 is 18.9. The Kier molecular flexibility index (Phi) is 3.75. The van der Waals surface area contributed by atoms with Gasteiger partial charge in [0.15, 0.2) is 0 Å². The van der Waals surface area contributed by atoms with E-state index in [2.05, 4.69) is 0 Å². The van der Waals surface area contributed by atoms with E-state index in [-0.39, 0.29) is 5.97 Å². The maximum atomic E-state index is 12.0. The minimum Gasteiger partial charge on any atom is -0.464 e. The van der Waals surface area contributed by atoms with Crippen LogP contribution in [0.5, 0.6) is 0 Å². The second-order valence-electron chi connectivity index (χ2n) is 6.61. The normalized spacial score (nSPS) is 19.9. The van der Waals surface area contributed by atoms with Gasteiger partial charge in [-0.3, -0.25) is 0 Å². The molecule has 0 amide bonds. The summed E-state index contributed by atoms with van der Waals surface area (Å²) in [6.07, 6.45) is 0. The number of carbonyl (C=O) groups excluding carboxylic acids is 1. The van der Waals surface area contributed by atoms with Crippen LogP contribution in [0.1, 0.15) is 49.4 Å². The van der Waals surface area contributed by atoms with Gasteiger partial charge in [-0.25, -0.2) is 4.79 Å². The molecule has 6 heteroatoms. The maximum absolute atomic E-state index is 12.0. The van der Waals surface area contributed by atoms with E-state index in [9.17, 15) is 4.79 Å². The lowest BCUT2D eigenvalue weighted by molar-refractivity contribution is 0.00578. The van der Waals surface area contributed by atoms with Gasteiger partial charge in [0.25, 0.3) is 0 Å². The standard InChI is InChI=1S/C15H24BNO4/c1-9-11(10(2)17(7)12(9)13(18)19-8)16-20-14(3,4)15(5,6)21-16/h1-8H3. The predicted molar refractivity (Wildman–Crippen MR) is 81.9 cm³/mol. The van der Waals surface area contributed by atoms with Crippen LogP contribution in [0.25, 0.3) is 0 Å². The van der Waals surface area contributed by atoms with Gasteiger partial charge in [-0.2, -0.15) is 0 Å². The number of rotatable bonds is 2. The molecule has 1 aliphatic heterocycles. The number of esters is 1. The van der Waals surface area contributed by atoms with E-state index in [1.807, 2.05) is 53.2 Å². The Morgan fingerprint density at radius 2 is 1.62 bits per heavy atom. The van der Waals surface area contributed by atoms with E-state index >= 15 is 0 Å². The third-order valence-electron chi connectivity index (χ3n) is 4.86. The zero-order chi connectivity index (χ0) is 16.2. The maximum Gasteiger partial charge on any atom is 0.496 e. The molecule has 0 N–H and O–H groups in total. The Labute approximate surface area is 126 Å². The highest BCUT2D eigenvalue weighted by Gasteiger charge is 2.53. The Balaban J connectivity index is 2.50. The van der Waals surface area contributed by atoms with E-state index in [0.29, 0.717) is 5.69 Å². The highest BCUT2D eigenvalue weighted by atomic mass is 16.7. The molecule has 0 radical (unpaired) electrons. The van der Waals surface area contributed by atoms with Crippen LogP contribution in [0, 0.1) is 13.8 Å². The topological polar surface area (TPSA) is 49.7 Å². The second-order valence-corrected chi connectivity index (χ2v) is 6.61. The number of ether oxygens (including phenoxy) is 1. The fraction of sp³-hybridized carbons (Fsp3) is 0.667. The van der Waals surface area contributed by atoms with Crippen molar-refractivity contribution in [3.63, 3.8) is 0 Å². The summed E-state index contributed by atoms with van der Waals surface area (Å²) in [5, 5.41) is 0. The van der Waals surface area contributed by atoms with Crippen molar-refractivity contribution in [3.8, 4) is 0 Å². The van der Waals surface area contributed by atoms with E-state index in [4.69, 9.17) is 14.0 Å². The number of hydrogen-bond acceptors (Lipinski definition) is 4. The minimum absolute atomic E-state index is 0.346. The van der Waals surface area contributed by atoms with Crippen LogP contribution in [0.2, 0.25) is 0 Å². The number of aromatic nitrogens is 1. The van der Waals surface area contributed by atoms with Gasteiger partial charge in [-0.15, -0.1) is 0 Å². The zero-order valence-corrected chi connectivity index (χ0v) is 14.2. The highest BCUT2D eigenvalue weighted by molar-refractivity contribution is 6.63. The van der Waals surface area contributed by atoms with E-state index in [1.165, 1.54) is 7.11 Å². The van der Waals surface area contributed by atoms with Gasteiger partial charge in [0, 0.05) is 18.2 Å². The third kappa shape index (κ3) is 2.30. The van der Waals surface area contributed by atoms with Gasteiger partial charge in [0.2, 0.25) is 0 Å². The van der Waals surface area contributed by atoms with Crippen molar-refractivity contribution in [2.75, 3.05) is 7.11 Å². The van der Waals surface area contributed by atoms with E-state index < -0.39 is 18.3 Å². The molecular weight excluding hydrogens is 269 g/mol. The van der Waals surface area contributed by atoms with Crippen LogP contribution in [0.4, 0.5) is 0 Å². The molecule has 1 aromatic heterocycles. The first-order valence-electron chi connectivity index (χ1n) is 7.13. The lowest BCUT2D eigenvalue weighted by Crippen LogP contribution is -2.41. The van der Waals surface area contributed by atoms with Gasteiger partial charge in [-0.1, -0.05) is 0 Å². The summed E-state index contributed by atoms with van der Waals surface area (Å²) in [5.74, 6) is -0.346. The number of nitrogens with zero attached hydrogens (tertiary/aromatic N) is 1. The fourth-order valence-electron chi connectivity index (χ4n) is 2.69. The van der Waals surface area contributed by atoms with Crippen molar-refractivity contribution in [2.45, 2.75) is 52.7 Å². The van der Waals surface area contributed by atoms with Crippen molar-refractivity contribution < 1.29 is 18.8 Å². The first kappa shape index (κ1) is 16.1. The minimum atomic E-state index is -0.473. The van der Waals surface area contributed by atoms with Crippen molar-refractivity contribution in [2.24, 2.45) is 7.05 Å². The molecule has 1 aliphatic rings. The smallest absolute Gasteiger partial charge is 0.464 e. The van der Waals surface area contributed by atoms with Gasteiger partial charge in [0.1, 0.15) is 5.69 Å². The van der Waals surface area contributed by atoms with Crippen LogP contribution >= 0.6 is 0 Å². The first-order valence-corrected chi connectivity index (χ1v) is 7.13. The molecule has 0 atom stereocenters. The average molecular weight is 293 g/mol. The Hall–Kier alpha value is -1.27. The number of carbonyl (C=O) groups is 1. The largest absolute Gasteiger partial charge is 0.496 e. The first-order chi connectivity index (χ1) is 9.53. The van der Waals surface area contributed by atoms with Crippen LogP contribution in [-0.2, 0) is 21.1 Å². The number of hydrogen-bond donors (Lipinski definition) is 0. The molecular formula is C15H24BNO4. The summed E-state index contributed by atoms with van der Waals surface area (Å²) in [4.78, 5) is 12.0. The third-order valence-corrected chi connectivity index (χ3v) is 4.86. The summed E-state index contributed by atoms with van der Waals surface area (Å²) in [5.41, 5.74) is 2.44. The van der Waals surface area contributed by atoms with E-state index in [1.54, 1.807) is 0 Å². The van der Waals surface area contributed by atoms with Crippen molar-refractivity contribution in [3.05, 3.63) is 17.0 Å². The molecule has 2 rings (SSSR count). The van der Waals surface area contributed by atoms with E-state index in [0.717, 1.165) is 16.7 Å². The molecule has 0 aromatic carbocycles. The van der Waals surface area contributed by atoms with Gasteiger partial charge >= 0.3 is 13.1 Å². The monoisotopic (exact) mass is 293 g/mol. The lowest BCUT2D eigenvalue weighted by atomic mass is 9.76. The molecule has 5 nitrogen and oxygen atoms in total. The summed E-state index contributed by atoms with van der Waals surface area (Å²) in [7, 11) is 2.77. The molecule has 21 heavy (non-hydrogen) atoms. The molecule has 1 fully saturated rings. The molecule has 0 saturated carbocycles. The molecule has 0 aliphatic carbocycles. The summed E-state index contributed by atoms with van der Waals surface area (Å²) >= 11 is 0. The fourth-order valence-corrected chi connectivity index (χ4v) is 2.69. The van der Waals surface area contributed by atoms with Gasteiger partial charge < -0.3 is 18.6 Å². The van der Waals surface area contributed by atoms with Gasteiger partial charge in [-0.05, 0) is 47.1 Å². The van der Waals surface area contributed by atoms with Crippen LogP contribution in [-0.4, -0.2) is 36.0 Å². The van der Waals surface area contributed by atoms with Gasteiger partial charge in [0.05, 0.1) is 18.3 Å². The average Bonchev–Trinajstić information content (AvgIpc) is 2.70. The van der Waals surface area contributed by atoms with Crippen LogP contribution < -0.4 is 5.46 Å². The van der Waals surface area contributed by atoms with Crippen molar-refractivity contribution in [1.82, 2.24) is 4.57 Å². The molecule has 0 spiro atoms. The molecule has 2 heterocycles. The van der Waals surface area contributed by atoms with Crippen molar-refractivity contribution in [1.29, 1.82) is 0 Å². The Bertz CT molecular complexity index is 573. The summed E-state index contributed by atoms with van der Waals surface area (Å²) in [6.45, 7) is 11.9.